The van der Waals surface area contributed by atoms with Crippen molar-refractivity contribution in [1.82, 2.24) is 30.0 Å². The molecule has 4 N–H and O–H groups in total. The molecule has 0 unspecified atom stereocenters. The average molecular weight is 455 g/mol. The first-order chi connectivity index (χ1) is 16.7. The standard InChI is InChI=1S/C25H26N8O/c1-27-16-10-12-18(13-11-16)33-24-21(23(26)28-14-29-24)22(32-33)15-6-8-17(9-7-15)30-25-31-19-4-2-3-5-20(19)34-25/h2-9,14,16,18,27H,10-13H2,1H3,(H,30,31)(H2,26,28,29). The molecule has 0 saturated heterocycles. The minimum atomic E-state index is 0.301. The maximum atomic E-state index is 6.30. The van der Waals surface area contributed by atoms with Crippen LogP contribution in [0.3, 0.4) is 0 Å². The Morgan fingerprint density at radius 1 is 1.00 bits per heavy atom. The molecule has 0 radical (unpaired) electrons. The van der Waals surface area contributed by atoms with E-state index in [9.17, 15) is 0 Å². The number of fused-ring (bicyclic) bond motifs is 2. The van der Waals surface area contributed by atoms with Crippen LogP contribution in [0.25, 0.3) is 33.4 Å². The normalized spacial score (nSPS) is 18.5. The Kier molecular flexibility index (Phi) is 5.10. The summed E-state index contributed by atoms with van der Waals surface area (Å²) in [6.07, 6.45) is 5.87. The van der Waals surface area contributed by atoms with Crippen LogP contribution in [0, 0.1) is 0 Å². The van der Waals surface area contributed by atoms with E-state index in [1.54, 1.807) is 0 Å². The van der Waals surface area contributed by atoms with Gasteiger partial charge in [-0.2, -0.15) is 10.1 Å². The predicted octanol–water partition coefficient (Wildman–Crippen LogP) is 4.66. The van der Waals surface area contributed by atoms with E-state index in [-0.39, 0.29) is 0 Å². The summed E-state index contributed by atoms with van der Waals surface area (Å²) in [6.45, 7) is 0. The Morgan fingerprint density at radius 2 is 1.79 bits per heavy atom. The molecule has 34 heavy (non-hydrogen) atoms. The largest absolute Gasteiger partial charge is 0.423 e. The van der Waals surface area contributed by atoms with Crippen molar-refractivity contribution in [1.29, 1.82) is 0 Å². The van der Waals surface area contributed by atoms with Gasteiger partial charge >= 0.3 is 0 Å². The van der Waals surface area contributed by atoms with Gasteiger partial charge in [0.1, 0.15) is 23.4 Å². The lowest BCUT2D eigenvalue weighted by molar-refractivity contribution is 0.289. The molecule has 6 rings (SSSR count). The minimum Gasteiger partial charge on any atom is -0.423 e. The monoisotopic (exact) mass is 454 g/mol. The third-order valence-electron chi connectivity index (χ3n) is 6.67. The van der Waals surface area contributed by atoms with Gasteiger partial charge in [0.25, 0.3) is 6.01 Å². The molecule has 0 spiro atoms. The number of oxazole rings is 1. The number of hydrogen-bond acceptors (Lipinski definition) is 8. The number of nitrogens with zero attached hydrogens (tertiary/aromatic N) is 5. The minimum absolute atomic E-state index is 0.301. The second-order valence-electron chi connectivity index (χ2n) is 8.73. The Hall–Kier alpha value is -3.98. The van der Waals surface area contributed by atoms with Gasteiger partial charge in [0.05, 0.1) is 11.4 Å². The lowest BCUT2D eigenvalue weighted by Gasteiger charge is -2.28. The molecule has 1 fully saturated rings. The third kappa shape index (κ3) is 3.63. The molecule has 0 bridgehead atoms. The van der Waals surface area contributed by atoms with Gasteiger partial charge in [-0.25, -0.2) is 14.6 Å². The Labute approximate surface area is 196 Å². The van der Waals surface area contributed by atoms with Crippen molar-refractivity contribution in [3.63, 3.8) is 0 Å². The third-order valence-corrected chi connectivity index (χ3v) is 6.67. The molecule has 1 aliphatic carbocycles. The quantitative estimate of drug-likeness (QED) is 0.351. The van der Waals surface area contributed by atoms with Crippen LogP contribution in [-0.2, 0) is 0 Å². The van der Waals surface area contributed by atoms with E-state index < -0.39 is 0 Å². The van der Waals surface area contributed by atoms with Crippen molar-refractivity contribution < 1.29 is 4.42 Å². The lowest BCUT2D eigenvalue weighted by Crippen LogP contribution is -2.31. The molecule has 0 atom stereocenters. The van der Waals surface area contributed by atoms with E-state index in [1.807, 2.05) is 55.6 Å². The first kappa shape index (κ1) is 20.6. The van der Waals surface area contributed by atoms with Gasteiger partial charge in [0.2, 0.25) is 0 Å². The molecular weight excluding hydrogens is 428 g/mol. The van der Waals surface area contributed by atoms with E-state index in [0.717, 1.165) is 64.8 Å². The summed E-state index contributed by atoms with van der Waals surface area (Å²) < 4.78 is 7.83. The summed E-state index contributed by atoms with van der Waals surface area (Å²) in [5.74, 6) is 0.448. The van der Waals surface area contributed by atoms with Crippen LogP contribution < -0.4 is 16.4 Å². The molecule has 0 aliphatic heterocycles. The lowest BCUT2D eigenvalue weighted by atomic mass is 9.91. The second-order valence-corrected chi connectivity index (χ2v) is 8.73. The van der Waals surface area contributed by atoms with Crippen LogP contribution >= 0.6 is 0 Å². The SMILES string of the molecule is CNC1CCC(n2nc(-c3ccc(Nc4nc5ccccc5o4)cc3)c3c(N)ncnc32)CC1. The van der Waals surface area contributed by atoms with Gasteiger partial charge in [-0.05, 0) is 57.0 Å². The molecule has 1 saturated carbocycles. The van der Waals surface area contributed by atoms with E-state index in [4.69, 9.17) is 15.2 Å². The number of hydrogen-bond donors (Lipinski definition) is 3. The number of rotatable bonds is 5. The fourth-order valence-corrected chi connectivity index (χ4v) is 4.82. The van der Waals surface area contributed by atoms with Crippen molar-refractivity contribution in [2.24, 2.45) is 0 Å². The maximum absolute atomic E-state index is 6.30. The highest BCUT2D eigenvalue weighted by Crippen LogP contribution is 2.36. The van der Waals surface area contributed by atoms with Gasteiger partial charge in [0, 0.05) is 17.3 Å². The Balaban J connectivity index is 1.31. The highest BCUT2D eigenvalue weighted by Gasteiger charge is 2.26. The average Bonchev–Trinajstić information content (AvgIpc) is 3.47. The van der Waals surface area contributed by atoms with Crippen molar-refractivity contribution >= 4 is 39.7 Å². The first-order valence-corrected chi connectivity index (χ1v) is 11.6. The van der Waals surface area contributed by atoms with Gasteiger partial charge < -0.3 is 20.8 Å². The van der Waals surface area contributed by atoms with Gasteiger partial charge in [0.15, 0.2) is 11.2 Å². The van der Waals surface area contributed by atoms with Crippen LogP contribution in [0.5, 0.6) is 0 Å². The highest BCUT2D eigenvalue weighted by atomic mass is 16.4. The number of nitrogen functional groups attached to an aromatic ring is 1. The zero-order chi connectivity index (χ0) is 23.1. The summed E-state index contributed by atoms with van der Waals surface area (Å²) in [4.78, 5) is 13.3. The smallest absolute Gasteiger partial charge is 0.300 e. The zero-order valence-corrected chi connectivity index (χ0v) is 18.9. The van der Waals surface area contributed by atoms with E-state index >= 15 is 0 Å². The summed E-state index contributed by atoms with van der Waals surface area (Å²) >= 11 is 0. The maximum Gasteiger partial charge on any atom is 0.300 e. The number of anilines is 3. The molecule has 9 heteroatoms. The van der Waals surface area contributed by atoms with Crippen molar-refractivity contribution in [3.8, 4) is 11.3 Å². The van der Waals surface area contributed by atoms with Crippen LogP contribution in [0.4, 0.5) is 17.5 Å². The molecule has 2 aromatic carbocycles. The van der Waals surface area contributed by atoms with Gasteiger partial charge in [-0.15, -0.1) is 0 Å². The fraction of sp³-hybridized carbons (Fsp3) is 0.280. The van der Waals surface area contributed by atoms with Crippen molar-refractivity contribution in [3.05, 3.63) is 54.9 Å². The number of para-hydroxylation sites is 2. The Bertz CT molecular complexity index is 1410. The number of nitrogens with one attached hydrogen (secondary N) is 2. The summed E-state index contributed by atoms with van der Waals surface area (Å²) in [5, 5.41) is 12.4. The molecular formula is C25H26N8O. The molecule has 0 amide bonds. The Morgan fingerprint density at radius 3 is 2.56 bits per heavy atom. The van der Waals surface area contributed by atoms with Gasteiger partial charge in [-0.1, -0.05) is 24.3 Å². The van der Waals surface area contributed by atoms with Crippen LogP contribution in [0.15, 0.2) is 59.3 Å². The van der Waals surface area contributed by atoms with Crippen LogP contribution in [0.2, 0.25) is 0 Å². The number of aromatic nitrogens is 5. The molecule has 9 nitrogen and oxygen atoms in total. The summed E-state index contributed by atoms with van der Waals surface area (Å²) in [7, 11) is 2.03. The van der Waals surface area contributed by atoms with Gasteiger partial charge in [-0.3, -0.25) is 0 Å². The zero-order valence-electron chi connectivity index (χ0n) is 18.9. The number of nitrogens with two attached hydrogens (primary N) is 1. The molecule has 3 aromatic heterocycles. The summed E-state index contributed by atoms with van der Waals surface area (Å²) in [6, 6.07) is 17.0. The van der Waals surface area contributed by atoms with E-state index in [0.29, 0.717) is 23.9 Å². The molecule has 3 heterocycles. The summed E-state index contributed by atoms with van der Waals surface area (Å²) in [5.41, 5.74) is 11.3. The predicted molar refractivity (Wildman–Crippen MR) is 133 cm³/mol. The molecule has 172 valence electrons. The van der Waals surface area contributed by atoms with Crippen LogP contribution in [0.1, 0.15) is 31.7 Å². The first-order valence-electron chi connectivity index (χ1n) is 11.6. The molecule has 1 aliphatic rings. The van der Waals surface area contributed by atoms with Crippen molar-refractivity contribution in [2.45, 2.75) is 37.8 Å². The molecule has 5 aromatic rings. The van der Waals surface area contributed by atoms with E-state index in [2.05, 4.69) is 30.3 Å². The second kappa shape index (κ2) is 8.42. The number of benzene rings is 2. The highest BCUT2D eigenvalue weighted by molar-refractivity contribution is 5.98. The fourth-order valence-electron chi connectivity index (χ4n) is 4.82. The van der Waals surface area contributed by atoms with Crippen molar-refractivity contribution in [2.75, 3.05) is 18.1 Å². The topological polar surface area (TPSA) is 120 Å². The van der Waals surface area contributed by atoms with E-state index in [1.165, 1.54) is 6.33 Å². The van der Waals surface area contributed by atoms with Crippen LogP contribution in [-0.4, -0.2) is 37.8 Å².